The molecule has 7 nitrogen and oxygen atoms in total. The van der Waals surface area contributed by atoms with E-state index in [-0.39, 0.29) is 30.7 Å². The number of carbonyl (C=O) groups excluding carboxylic acids is 2. The van der Waals surface area contributed by atoms with Gasteiger partial charge in [0.15, 0.2) is 5.76 Å². The summed E-state index contributed by atoms with van der Waals surface area (Å²) in [7, 11) is 1.53. The Morgan fingerprint density at radius 3 is 2.80 bits per heavy atom. The Balaban J connectivity index is 1.64. The highest BCUT2D eigenvalue weighted by molar-refractivity contribution is 5.97. The van der Waals surface area contributed by atoms with E-state index < -0.39 is 11.9 Å². The van der Waals surface area contributed by atoms with Gasteiger partial charge < -0.3 is 19.3 Å². The molecule has 1 aliphatic heterocycles. The van der Waals surface area contributed by atoms with Crippen molar-refractivity contribution in [3.63, 3.8) is 0 Å². The molecule has 3 rings (SSSR count). The molecule has 2 aromatic rings. The fraction of sp³-hybridized carbons (Fsp3) is 0.389. The van der Waals surface area contributed by atoms with Gasteiger partial charge in [-0.25, -0.2) is 0 Å². The number of benzene rings is 1. The predicted molar refractivity (Wildman–Crippen MR) is 90.1 cm³/mol. The van der Waals surface area contributed by atoms with Crippen molar-refractivity contribution in [3.8, 4) is 0 Å². The molecule has 0 spiro atoms. The number of furan rings is 1. The van der Waals surface area contributed by atoms with Crippen LogP contribution in [0.1, 0.15) is 23.4 Å². The van der Waals surface area contributed by atoms with Crippen molar-refractivity contribution < 1.29 is 23.9 Å². The van der Waals surface area contributed by atoms with Crippen LogP contribution in [0.3, 0.4) is 0 Å². The lowest BCUT2D eigenvalue weighted by atomic mass is 9.98. The SMILES string of the molecule is CN(CC(=O)N1CCCC(C(=O)O)C1)C(=O)c1cc2ccccc2o1. The summed E-state index contributed by atoms with van der Waals surface area (Å²) in [6, 6.07) is 8.95. The van der Waals surface area contributed by atoms with Gasteiger partial charge >= 0.3 is 5.97 Å². The third-order valence-corrected chi connectivity index (χ3v) is 4.48. The molecule has 7 heteroatoms. The minimum absolute atomic E-state index is 0.109. The van der Waals surface area contributed by atoms with Gasteiger partial charge in [-0.1, -0.05) is 18.2 Å². The third kappa shape index (κ3) is 3.65. The summed E-state index contributed by atoms with van der Waals surface area (Å²) in [6.07, 6.45) is 1.23. The summed E-state index contributed by atoms with van der Waals surface area (Å²) in [5.41, 5.74) is 0.617. The molecule has 1 N–H and O–H groups in total. The van der Waals surface area contributed by atoms with Crippen molar-refractivity contribution in [2.75, 3.05) is 26.7 Å². The summed E-state index contributed by atoms with van der Waals surface area (Å²) in [5.74, 6) is -1.87. The smallest absolute Gasteiger partial charge is 0.308 e. The van der Waals surface area contributed by atoms with Crippen LogP contribution >= 0.6 is 0 Å². The van der Waals surface area contributed by atoms with E-state index in [0.29, 0.717) is 25.0 Å². The zero-order valence-electron chi connectivity index (χ0n) is 14.0. The molecule has 2 amide bonds. The molecule has 2 heterocycles. The zero-order valence-corrected chi connectivity index (χ0v) is 14.0. The Hall–Kier alpha value is -2.83. The Kier molecular flexibility index (Phi) is 4.74. The number of carboxylic acid groups (broad SMARTS) is 1. The van der Waals surface area contributed by atoms with E-state index in [0.717, 1.165) is 5.39 Å². The lowest BCUT2D eigenvalue weighted by Crippen LogP contribution is -2.46. The molecular weight excluding hydrogens is 324 g/mol. The molecule has 0 bridgehead atoms. The maximum absolute atomic E-state index is 12.5. The molecule has 0 radical (unpaired) electrons. The van der Waals surface area contributed by atoms with Crippen LogP contribution in [-0.4, -0.2) is 59.4 Å². The van der Waals surface area contributed by atoms with E-state index in [4.69, 9.17) is 9.52 Å². The van der Waals surface area contributed by atoms with Crippen LogP contribution in [0.25, 0.3) is 11.0 Å². The fourth-order valence-electron chi connectivity index (χ4n) is 3.06. The van der Waals surface area contributed by atoms with E-state index in [1.54, 1.807) is 12.1 Å². The van der Waals surface area contributed by atoms with Gasteiger partial charge in [-0.05, 0) is 25.0 Å². The van der Waals surface area contributed by atoms with Gasteiger partial charge in [-0.3, -0.25) is 14.4 Å². The molecule has 25 heavy (non-hydrogen) atoms. The van der Waals surface area contributed by atoms with Crippen LogP contribution in [-0.2, 0) is 9.59 Å². The van der Waals surface area contributed by atoms with Crippen molar-refractivity contribution in [1.82, 2.24) is 9.80 Å². The number of amides is 2. The van der Waals surface area contributed by atoms with Crippen LogP contribution in [0.4, 0.5) is 0 Å². The molecule has 132 valence electrons. The second-order valence-corrected chi connectivity index (χ2v) is 6.33. The summed E-state index contributed by atoms with van der Waals surface area (Å²) in [6.45, 7) is 0.609. The van der Waals surface area contributed by atoms with Gasteiger partial charge in [-0.15, -0.1) is 0 Å². The normalized spacial score (nSPS) is 17.5. The Morgan fingerprint density at radius 1 is 1.32 bits per heavy atom. The topological polar surface area (TPSA) is 91.1 Å². The summed E-state index contributed by atoms with van der Waals surface area (Å²) >= 11 is 0. The van der Waals surface area contributed by atoms with Gasteiger partial charge in [0.25, 0.3) is 5.91 Å². The average Bonchev–Trinajstić information content (AvgIpc) is 3.05. The summed E-state index contributed by atoms with van der Waals surface area (Å²) in [4.78, 5) is 38.8. The zero-order chi connectivity index (χ0) is 18.0. The predicted octanol–water partition coefficient (Wildman–Crippen LogP) is 1.83. The molecular formula is C18H20N2O5. The Labute approximate surface area is 144 Å². The minimum Gasteiger partial charge on any atom is -0.481 e. The standard InChI is InChI=1S/C18H20N2O5/c1-19(11-16(21)20-8-4-6-13(10-20)18(23)24)17(22)15-9-12-5-2-3-7-14(12)25-15/h2-3,5,7,9,13H,4,6,8,10-11H2,1H3,(H,23,24). The fourth-order valence-corrected chi connectivity index (χ4v) is 3.06. The molecule has 0 aliphatic carbocycles. The number of nitrogens with zero attached hydrogens (tertiary/aromatic N) is 2. The second-order valence-electron chi connectivity index (χ2n) is 6.33. The third-order valence-electron chi connectivity index (χ3n) is 4.48. The summed E-state index contributed by atoms with van der Waals surface area (Å²) in [5, 5.41) is 9.94. The van der Waals surface area contributed by atoms with Crippen LogP contribution in [0.15, 0.2) is 34.7 Å². The van der Waals surface area contributed by atoms with Crippen molar-refractivity contribution in [2.24, 2.45) is 5.92 Å². The maximum atomic E-state index is 12.5. The number of fused-ring (bicyclic) bond motifs is 1. The van der Waals surface area contributed by atoms with Crippen LogP contribution < -0.4 is 0 Å². The largest absolute Gasteiger partial charge is 0.481 e. The molecule has 1 aromatic carbocycles. The number of aliphatic carboxylic acids is 1. The number of hydrogen-bond acceptors (Lipinski definition) is 4. The van der Waals surface area contributed by atoms with E-state index in [1.165, 1.54) is 16.8 Å². The average molecular weight is 344 g/mol. The van der Waals surface area contributed by atoms with E-state index in [1.807, 2.05) is 18.2 Å². The number of para-hydroxylation sites is 1. The molecule has 0 saturated carbocycles. The van der Waals surface area contributed by atoms with E-state index in [9.17, 15) is 14.4 Å². The van der Waals surface area contributed by atoms with Gasteiger partial charge in [0, 0.05) is 25.5 Å². The number of rotatable bonds is 4. The maximum Gasteiger partial charge on any atom is 0.308 e. The number of carbonyl (C=O) groups is 3. The molecule has 1 atom stereocenters. The lowest BCUT2D eigenvalue weighted by molar-refractivity contribution is -0.145. The molecule has 1 unspecified atom stereocenters. The first-order valence-electron chi connectivity index (χ1n) is 8.20. The number of likely N-dealkylation sites (N-methyl/N-ethyl adjacent to an activating group) is 1. The Bertz CT molecular complexity index is 780. The van der Waals surface area contributed by atoms with Crippen molar-refractivity contribution in [3.05, 3.63) is 36.1 Å². The van der Waals surface area contributed by atoms with Gasteiger partial charge in [-0.2, -0.15) is 0 Å². The highest BCUT2D eigenvalue weighted by Gasteiger charge is 2.29. The molecule has 1 saturated heterocycles. The summed E-state index contributed by atoms with van der Waals surface area (Å²) < 4.78 is 5.53. The first-order chi connectivity index (χ1) is 12.0. The quantitative estimate of drug-likeness (QED) is 0.914. The van der Waals surface area contributed by atoms with E-state index >= 15 is 0 Å². The molecule has 1 aromatic heterocycles. The van der Waals surface area contributed by atoms with Crippen LogP contribution in [0.2, 0.25) is 0 Å². The van der Waals surface area contributed by atoms with Crippen LogP contribution in [0, 0.1) is 5.92 Å². The number of piperidine rings is 1. The molecule has 1 aliphatic rings. The highest BCUT2D eigenvalue weighted by Crippen LogP contribution is 2.20. The van der Waals surface area contributed by atoms with Gasteiger partial charge in [0.2, 0.25) is 5.91 Å². The highest BCUT2D eigenvalue weighted by atomic mass is 16.4. The lowest BCUT2D eigenvalue weighted by Gasteiger charge is -2.31. The first-order valence-corrected chi connectivity index (χ1v) is 8.20. The molecule has 1 fully saturated rings. The first kappa shape index (κ1) is 17.0. The van der Waals surface area contributed by atoms with Gasteiger partial charge in [0.1, 0.15) is 5.58 Å². The minimum atomic E-state index is -0.885. The van der Waals surface area contributed by atoms with Crippen molar-refractivity contribution >= 4 is 28.8 Å². The van der Waals surface area contributed by atoms with E-state index in [2.05, 4.69) is 0 Å². The number of carboxylic acids is 1. The van der Waals surface area contributed by atoms with Gasteiger partial charge in [0.05, 0.1) is 12.5 Å². The number of hydrogen-bond donors (Lipinski definition) is 1. The van der Waals surface area contributed by atoms with Crippen molar-refractivity contribution in [2.45, 2.75) is 12.8 Å². The second kappa shape index (κ2) is 6.96. The Morgan fingerprint density at radius 2 is 2.08 bits per heavy atom. The number of likely N-dealkylation sites (tertiary alicyclic amines) is 1. The van der Waals surface area contributed by atoms with Crippen molar-refractivity contribution in [1.29, 1.82) is 0 Å². The monoisotopic (exact) mass is 344 g/mol. The van der Waals surface area contributed by atoms with Crippen LogP contribution in [0.5, 0.6) is 0 Å².